The van der Waals surface area contributed by atoms with Crippen molar-refractivity contribution in [3.05, 3.63) is 63.3 Å². The normalized spacial score (nSPS) is 23.4. The van der Waals surface area contributed by atoms with Gasteiger partial charge in [0, 0.05) is 20.9 Å². The van der Waals surface area contributed by atoms with E-state index in [1.165, 1.54) is 17.8 Å². The van der Waals surface area contributed by atoms with E-state index < -0.39 is 9.84 Å². The minimum Gasteiger partial charge on any atom is -0.315 e. The monoisotopic (exact) mass is 488 g/mol. The van der Waals surface area contributed by atoms with E-state index in [4.69, 9.17) is 11.6 Å². The number of hydrogen-bond acceptors (Lipinski definition) is 5. The summed E-state index contributed by atoms with van der Waals surface area (Å²) in [5.74, 6) is 0.254. The van der Waals surface area contributed by atoms with Gasteiger partial charge in [0.1, 0.15) is 5.82 Å². The number of benzene rings is 2. The summed E-state index contributed by atoms with van der Waals surface area (Å²) in [6, 6.07) is 11.7. The number of aliphatic imine (C=N–C) groups is 1. The second-order valence-corrected chi connectivity index (χ2v) is 10.9. The van der Waals surface area contributed by atoms with Crippen LogP contribution in [0, 0.1) is 5.82 Å². The van der Waals surface area contributed by atoms with Gasteiger partial charge in [0.05, 0.1) is 23.6 Å². The molecule has 2 atom stereocenters. The Morgan fingerprint density at radius 2 is 1.96 bits per heavy atom. The number of fused-ring (bicyclic) bond motifs is 1. The van der Waals surface area contributed by atoms with E-state index in [-0.39, 0.29) is 29.4 Å². The number of amidine groups is 1. The first-order valence-corrected chi connectivity index (χ1v) is 12.2. The first kappa shape index (κ1) is 19.2. The molecule has 0 radical (unpaired) electrons. The number of rotatable bonds is 3. The van der Waals surface area contributed by atoms with Crippen LogP contribution in [-0.2, 0) is 15.6 Å². The van der Waals surface area contributed by atoms with Crippen LogP contribution in [0.3, 0.4) is 0 Å². The van der Waals surface area contributed by atoms with Gasteiger partial charge in [0.15, 0.2) is 15.0 Å². The summed E-state index contributed by atoms with van der Waals surface area (Å²) >= 11 is 10.7. The second kappa shape index (κ2) is 7.39. The van der Waals surface area contributed by atoms with Crippen molar-refractivity contribution in [1.82, 2.24) is 0 Å². The van der Waals surface area contributed by atoms with E-state index in [1.54, 1.807) is 24.3 Å². The lowest BCUT2D eigenvalue weighted by Gasteiger charge is -2.26. The summed E-state index contributed by atoms with van der Waals surface area (Å²) in [5.41, 5.74) is 1.41. The van der Waals surface area contributed by atoms with Crippen LogP contribution >= 0.6 is 39.3 Å². The highest BCUT2D eigenvalue weighted by atomic mass is 79.9. The molecule has 142 valence electrons. The molecule has 9 heteroatoms. The van der Waals surface area contributed by atoms with Crippen LogP contribution in [0.25, 0.3) is 0 Å². The summed E-state index contributed by atoms with van der Waals surface area (Å²) in [6.07, 6.45) is 0. The van der Waals surface area contributed by atoms with Gasteiger partial charge in [0.2, 0.25) is 0 Å². The molecule has 0 bridgehead atoms. The maximum Gasteiger partial charge on any atom is 0.164 e. The number of anilines is 1. The summed E-state index contributed by atoms with van der Waals surface area (Å²) in [4.78, 5) is 6.60. The van der Waals surface area contributed by atoms with Gasteiger partial charge in [-0.15, -0.1) is 0 Å². The average Bonchev–Trinajstić information content (AvgIpc) is 3.06. The van der Waals surface area contributed by atoms with Crippen molar-refractivity contribution in [3.8, 4) is 0 Å². The SMILES string of the molecule is O=S1(=O)C[C@@H]2N=C(SCc3ccc(Br)cc3F)N(c3ccc(Cl)cc3)[C@@H]2C1. The van der Waals surface area contributed by atoms with Gasteiger partial charge in [-0.1, -0.05) is 45.4 Å². The van der Waals surface area contributed by atoms with Crippen LogP contribution in [-0.4, -0.2) is 37.2 Å². The van der Waals surface area contributed by atoms with Crippen LogP contribution in [0.15, 0.2) is 51.9 Å². The number of hydrogen-bond donors (Lipinski definition) is 0. The van der Waals surface area contributed by atoms with Gasteiger partial charge in [-0.25, -0.2) is 12.8 Å². The van der Waals surface area contributed by atoms with Crippen molar-refractivity contribution in [2.45, 2.75) is 17.8 Å². The van der Waals surface area contributed by atoms with E-state index in [1.807, 2.05) is 17.0 Å². The third-order valence-corrected chi connectivity index (χ3v) is 8.04. The Bertz CT molecular complexity index is 1010. The van der Waals surface area contributed by atoms with Crippen molar-refractivity contribution in [2.75, 3.05) is 16.4 Å². The molecule has 2 aliphatic heterocycles. The molecule has 2 heterocycles. The second-order valence-electron chi connectivity index (χ2n) is 6.49. The standard InChI is InChI=1S/C18H15BrClFN2O2S2/c19-12-2-1-11(15(21)7-12)8-26-18-22-16-9-27(24,25)10-17(16)23(18)14-5-3-13(20)4-6-14/h1-7,16-17H,8-10H2/t16-,17+/m0/s1. The molecule has 2 aliphatic rings. The molecule has 2 aromatic carbocycles. The third kappa shape index (κ3) is 4.04. The molecule has 0 amide bonds. The number of thioether (sulfide) groups is 1. The molecule has 1 fully saturated rings. The predicted octanol–water partition coefficient (Wildman–Crippen LogP) is 4.52. The predicted molar refractivity (Wildman–Crippen MR) is 113 cm³/mol. The highest BCUT2D eigenvalue weighted by Gasteiger charge is 2.47. The lowest BCUT2D eigenvalue weighted by molar-refractivity contribution is 0.601. The molecule has 27 heavy (non-hydrogen) atoms. The quantitative estimate of drug-likeness (QED) is 0.636. The van der Waals surface area contributed by atoms with Crippen molar-refractivity contribution >= 4 is 60.0 Å². The first-order chi connectivity index (χ1) is 12.8. The fourth-order valence-electron chi connectivity index (χ4n) is 3.32. The van der Waals surface area contributed by atoms with E-state index in [0.717, 1.165) is 5.69 Å². The Balaban J connectivity index is 1.61. The average molecular weight is 490 g/mol. The van der Waals surface area contributed by atoms with Crippen LogP contribution in [0.1, 0.15) is 5.56 Å². The molecule has 4 rings (SSSR count). The van der Waals surface area contributed by atoms with Gasteiger partial charge in [-0.3, -0.25) is 4.99 Å². The maximum absolute atomic E-state index is 14.1. The third-order valence-electron chi connectivity index (χ3n) is 4.58. The maximum atomic E-state index is 14.1. The molecule has 0 spiro atoms. The summed E-state index contributed by atoms with van der Waals surface area (Å²) < 4.78 is 38.9. The van der Waals surface area contributed by atoms with Gasteiger partial charge < -0.3 is 4.90 Å². The Labute approximate surface area is 174 Å². The lowest BCUT2D eigenvalue weighted by Crippen LogP contribution is -2.39. The van der Waals surface area contributed by atoms with Gasteiger partial charge >= 0.3 is 0 Å². The van der Waals surface area contributed by atoms with E-state index in [9.17, 15) is 12.8 Å². The van der Waals surface area contributed by atoms with Crippen molar-refractivity contribution in [2.24, 2.45) is 4.99 Å². The molecule has 0 saturated carbocycles. The van der Waals surface area contributed by atoms with Crippen LogP contribution < -0.4 is 4.90 Å². The molecular formula is C18H15BrClFN2O2S2. The largest absolute Gasteiger partial charge is 0.315 e. The van der Waals surface area contributed by atoms with Crippen molar-refractivity contribution in [1.29, 1.82) is 0 Å². The van der Waals surface area contributed by atoms with Gasteiger partial charge in [0.25, 0.3) is 0 Å². The molecule has 0 unspecified atom stereocenters. The molecule has 4 nitrogen and oxygen atoms in total. The first-order valence-electron chi connectivity index (χ1n) is 8.22. The van der Waals surface area contributed by atoms with E-state index >= 15 is 0 Å². The minimum absolute atomic E-state index is 0.0540. The molecule has 2 aromatic rings. The highest BCUT2D eigenvalue weighted by molar-refractivity contribution is 9.10. The smallest absolute Gasteiger partial charge is 0.164 e. The van der Waals surface area contributed by atoms with Crippen molar-refractivity contribution < 1.29 is 12.8 Å². The van der Waals surface area contributed by atoms with Crippen molar-refractivity contribution in [3.63, 3.8) is 0 Å². The lowest BCUT2D eigenvalue weighted by atomic mass is 10.1. The highest BCUT2D eigenvalue weighted by Crippen LogP contribution is 2.36. The zero-order valence-corrected chi connectivity index (χ0v) is 18.0. The summed E-state index contributed by atoms with van der Waals surface area (Å²) in [5, 5.41) is 1.32. The van der Waals surface area contributed by atoms with Gasteiger partial charge in [-0.2, -0.15) is 0 Å². The molecule has 0 aliphatic carbocycles. The zero-order chi connectivity index (χ0) is 19.2. The molecule has 0 N–H and O–H groups in total. The van der Waals surface area contributed by atoms with E-state index in [2.05, 4.69) is 20.9 Å². The number of sulfone groups is 1. The molecule has 0 aromatic heterocycles. The Morgan fingerprint density at radius 3 is 2.67 bits per heavy atom. The van der Waals surface area contributed by atoms with E-state index in [0.29, 0.717) is 26.0 Å². The summed E-state index contributed by atoms with van der Waals surface area (Å²) in [6.45, 7) is 0. The Kier molecular flexibility index (Phi) is 5.26. The molecular weight excluding hydrogens is 475 g/mol. The topological polar surface area (TPSA) is 49.7 Å². The number of halogens is 3. The van der Waals surface area contributed by atoms with Crippen LogP contribution in [0.5, 0.6) is 0 Å². The Morgan fingerprint density at radius 1 is 1.22 bits per heavy atom. The minimum atomic E-state index is -3.11. The van der Waals surface area contributed by atoms with Gasteiger partial charge in [-0.05, 0) is 42.0 Å². The molecule has 1 saturated heterocycles. The zero-order valence-electron chi connectivity index (χ0n) is 14.0. The fraction of sp³-hybridized carbons (Fsp3) is 0.278. The fourth-order valence-corrected chi connectivity index (χ4v) is 6.73. The number of nitrogens with zero attached hydrogens (tertiary/aromatic N) is 2. The van der Waals surface area contributed by atoms with Crippen LogP contribution in [0.4, 0.5) is 10.1 Å². The Hall–Kier alpha value is -1.09. The summed E-state index contributed by atoms with van der Waals surface area (Å²) in [7, 11) is -3.11. The van der Waals surface area contributed by atoms with Crippen LogP contribution in [0.2, 0.25) is 5.02 Å².